The van der Waals surface area contributed by atoms with Crippen molar-refractivity contribution in [1.29, 1.82) is 0 Å². The first-order valence-corrected chi connectivity index (χ1v) is 9.44. The van der Waals surface area contributed by atoms with Gasteiger partial charge in [0, 0.05) is 31.5 Å². The van der Waals surface area contributed by atoms with Gasteiger partial charge in [-0.15, -0.1) is 0 Å². The number of hydrogen-bond donors (Lipinski definition) is 0. The SMILES string of the molecule is CCOc1cccc(C(=O)N2CCC3(CC2)CC(=O)c2ccccc2O3)c1. The second-order valence-corrected chi connectivity index (χ2v) is 7.13. The molecular weight excluding hydrogens is 342 g/mol. The highest BCUT2D eigenvalue weighted by Gasteiger charge is 2.43. The molecule has 5 nitrogen and oxygen atoms in total. The van der Waals surface area contributed by atoms with Crippen molar-refractivity contribution in [1.82, 2.24) is 4.90 Å². The molecule has 0 atom stereocenters. The van der Waals surface area contributed by atoms with Gasteiger partial charge in [0.25, 0.3) is 5.91 Å². The molecule has 0 aromatic heterocycles. The number of fused-ring (bicyclic) bond motifs is 1. The normalized spacial score (nSPS) is 18.0. The standard InChI is InChI=1S/C22H23NO4/c1-2-26-17-7-5-6-16(14-17)21(25)23-12-10-22(11-13-23)15-19(24)18-8-3-4-9-20(18)27-22/h3-9,14H,2,10-13,15H2,1H3. The molecule has 140 valence electrons. The summed E-state index contributed by atoms with van der Waals surface area (Å²) in [5, 5.41) is 0. The summed E-state index contributed by atoms with van der Waals surface area (Å²) in [4.78, 5) is 27.2. The molecule has 0 saturated carbocycles. The van der Waals surface area contributed by atoms with Crippen LogP contribution in [0.25, 0.3) is 0 Å². The number of carbonyl (C=O) groups excluding carboxylic acids is 2. The van der Waals surface area contributed by atoms with Crippen LogP contribution in [-0.2, 0) is 0 Å². The first kappa shape index (κ1) is 17.6. The largest absolute Gasteiger partial charge is 0.494 e. The summed E-state index contributed by atoms with van der Waals surface area (Å²) in [6, 6.07) is 14.7. The summed E-state index contributed by atoms with van der Waals surface area (Å²) in [6.45, 7) is 3.64. The van der Waals surface area contributed by atoms with Crippen molar-refractivity contribution < 1.29 is 19.1 Å². The summed E-state index contributed by atoms with van der Waals surface area (Å²) in [5.74, 6) is 1.49. The third kappa shape index (κ3) is 3.42. The van der Waals surface area contributed by atoms with Crippen LogP contribution in [0.3, 0.4) is 0 Å². The zero-order valence-electron chi connectivity index (χ0n) is 15.4. The molecule has 4 rings (SSSR count). The first-order valence-electron chi connectivity index (χ1n) is 9.44. The van der Waals surface area contributed by atoms with Crippen LogP contribution in [0.1, 0.15) is 46.9 Å². The number of para-hydroxylation sites is 1. The maximum atomic E-state index is 12.9. The van der Waals surface area contributed by atoms with Crippen LogP contribution in [0.4, 0.5) is 0 Å². The van der Waals surface area contributed by atoms with Gasteiger partial charge in [0.2, 0.25) is 0 Å². The lowest BCUT2D eigenvalue weighted by molar-refractivity contribution is -0.00571. The van der Waals surface area contributed by atoms with E-state index in [0.29, 0.717) is 61.6 Å². The van der Waals surface area contributed by atoms with Crippen LogP contribution in [0.15, 0.2) is 48.5 Å². The zero-order valence-corrected chi connectivity index (χ0v) is 15.4. The summed E-state index contributed by atoms with van der Waals surface area (Å²) < 4.78 is 11.7. The monoisotopic (exact) mass is 365 g/mol. The number of carbonyl (C=O) groups is 2. The Balaban J connectivity index is 1.46. The molecule has 1 saturated heterocycles. The third-order valence-corrected chi connectivity index (χ3v) is 5.35. The van der Waals surface area contributed by atoms with Crippen molar-refractivity contribution >= 4 is 11.7 Å². The van der Waals surface area contributed by atoms with E-state index in [9.17, 15) is 9.59 Å². The number of nitrogens with zero attached hydrogens (tertiary/aromatic N) is 1. The van der Waals surface area contributed by atoms with Gasteiger partial charge in [0.1, 0.15) is 17.1 Å². The lowest BCUT2D eigenvalue weighted by atomic mass is 9.82. The average Bonchev–Trinajstić information content (AvgIpc) is 2.68. The van der Waals surface area contributed by atoms with Gasteiger partial charge < -0.3 is 14.4 Å². The molecular formula is C22H23NO4. The number of rotatable bonds is 3. The molecule has 0 radical (unpaired) electrons. The van der Waals surface area contributed by atoms with Crippen molar-refractivity contribution in [3.05, 3.63) is 59.7 Å². The summed E-state index contributed by atoms with van der Waals surface area (Å²) in [6.07, 6.45) is 1.69. The second-order valence-electron chi connectivity index (χ2n) is 7.13. The summed E-state index contributed by atoms with van der Waals surface area (Å²) >= 11 is 0. The number of likely N-dealkylation sites (tertiary alicyclic amines) is 1. The molecule has 2 aliphatic rings. The number of Topliss-reactive ketones (excluding diaryl/α,β-unsaturated/α-hetero) is 1. The van der Waals surface area contributed by atoms with Crippen molar-refractivity contribution in [2.24, 2.45) is 0 Å². The molecule has 2 heterocycles. The molecule has 0 aliphatic carbocycles. The fraction of sp³-hybridized carbons (Fsp3) is 0.364. The van der Waals surface area contributed by atoms with Crippen molar-refractivity contribution in [2.75, 3.05) is 19.7 Å². The average molecular weight is 365 g/mol. The second kappa shape index (κ2) is 7.06. The highest BCUT2D eigenvalue weighted by molar-refractivity contribution is 6.00. The van der Waals surface area contributed by atoms with Crippen molar-refractivity contribution in [3.63, 3.8) is 0 Å². The van der Waals surface area contributed by atoms with Gasteiger partial charge in [0.05, 0.1) is 18.6 Å². The molecule has 0 unspecified atom stereocenters. The number of piperidine rings is 1. The van der Waals surface area contributed by atoms with E-state index in [4.69, 9.17) is 9.47 Å². The molecule has 5 heteroatoms. The Bertz CT molecular complexity index is 868. The highest BCUT2D eigenvalue weighted by atomic mass is 16.5. The molecule has 2 aromatic carbocycles. The number of hydrogen-bond acceptors (Lipinski definition) is 4. The van der Waals surface area contributed by atoms with Gasteiger partial charge in [-0.3, -0.25) is 9.59 Å². The number of benzene rings is 2. The predicted molar refractivity (Wildman–Crippen MR) is 101 cm³/mol. The smallest absolute Gasteiger partial charge is 0.253 e. The van der Waals surface area contributed by atoms with Crippen LogP contribution < -0.4 is 9.47 Å². The quantitative estimate of drug-likeness (QED) is 0.832. The highest BCUT2D eigenvalue weighted by Crippen LogP contribution is 2.39. The molecule has 2 aromatic rings. The topological polar surface area (TPSA) is 55.8 Å². The Morgan fingerprint density at radius 3 is 2.70 bits per heavy atom. The maximum Gasteiger partial charge on any atom is 0.253 e. The summed E-state index contributed by atoms with van der Waals surface area (Å²) in [5.41, 5.74) is 0.798. The minimum atomic E-state index is -0.491. The number of ketones is 1. The Labute approximate surface area is 158 Å². The van der Waals surface area contributed by atoms with Crippen LogP contribution >= 0.6 is 0 Å². The van der Waals surface area contributed by atoms with Crippen LogP contribution in [0.5, 0.6) is 11.5 Å². The van der Waals surface area contributed by atoms with Crippen molar-refractivity contribution in [2.45, 2.75) is 31.8 Å². The Hall–Kier alpha value is -2.82. The number of ether oxygens (including phenoxy) is 2. The minimum Gasteiger partial charge on any atom is -0.494 e. The van der Waals surface area contributed by atoms with Gasteiger partial charge in [-0.25, -0.2) is 0 Å². The van der Waals surface area contributed by atoms with Crippen LogP contribution in [0, 0.1) is 0 Å². The Morgan fingerprint density at radius 2 is 1.93 bits per heavy atom. The van der Waals surface area contributed by atoms with Crippen LogP contribution in [-0.4, -0.2) is 41.9 Å². The third-order valence-electron chi connectivity index (χ3n) is 5.35. The van der Waals surface area contributed by atoms with E-state index in [1.165, 1.54) is 0 Å². The first-order chi connectivity index (χ1) is 13.1. The van der Waals surface area contributed by atoms with E-state index in [1.54, 1.807) is 6.07 Å². The van der Waals surface area contributed by atoms with Gasteiger partial charge in [-0.1, -0.05) is 18.2 Å². The van der Waals surface area contributed by atoms with E-state index in [0.717, 1.165) is 0 Å². The van der Waals surface area contributed by atoms with E-state index in [-0.39, 0.29) is 11.7 Å². The van der Waals surface area contributed by atoms with Crippen LogP contribution in [0.2, 0.25) is 0 Å². The van der Waals surface area contributed by atoms with E-state index in [2.05, 4.69) is 0 Å². The minimum absolute atomic E-state index is 0.00561. The molecule has 27 heavy (non-hydrogen) atoms. The molecule has 2 aliphatic heterocycles. The van der Waals surface area contributed by atoms with E-state index in [1.807, 2.05) is 54.3 Å². The van der Waals surface area contributed by atoms with Gasteiger partial charge >= 0.3 is 0 Å². The van der Waals surface area contributed by atoms with E-state index >= 15 is 0 Å². The fourth-order valence-electron chi connectivity index (χ4n) is 3.91. The zero-order chi connectivity index (χ0) is 18.9. The van der Waals surface area contributed by atoms with Gasteiger partial charge in [0.15, 0.2) is 5.78 Å². The molecule has 1 spiro atoms. The molecule has 1 amide bonds. The molecule has 0 bridgehead atoms. The molecule has 1 fully saturated rings. The predicted octanol–water partition coefficient (Wildman–Crippen LogP) is 3.73. The van der Waals surface area contributed by atoms with Gasteiger partial charge in [-0.2, -0.15) is 0 Å². The Morgan fingerprint density at radius 1 is 1.15 bits per heavy atom. The molecule has 0 N–H and O–H groups in total. The lowest BCUT2D eigenvalue weighted by Gasteiger charge is -2.44. The number of amides is 1. The lowest BCUT2D eigenvalue weighted by Crippen LogP contribution is -2.52. The van der Waals surface area contributed by atoms with Gasteiger partial charge in [-0.05, 0) is 37.3 Å². The summed E-state index contributed by atoms with van der Waals surface area (Å²) in [7, 11) is 0. The van der Waals surface area contributed by atoms with E-state index < -0.39 is 5.60 Å². The maximum absolute atomic E-state index is 12.9. The Kier molecular flexibility index (Phi) is 4.60. The van der Waals surface area contributed by atoms with Crippen molar-refractivity contribution in [3.8, 4) is 11.5 Å². The fourth-order valence-corrected chi connectivity index (χ4v) is 3.91.